The van der Waals surface area contributed by atoms with E-state index in [1.54, 1.807) is 19.9 Å². The fourth-order valence-electron chi connectivity index (χ4n) is 1.23. The molecular weight excluding hydrogens is 227 g/mol. The summed E-state index contributed by atoms with van der Waals surface area (Å²) in [5.74, 6) is 0.430. The molecule has 0 aromatic rings. The van der Waals surface area contributed by atoms with Crippen LogP contribution in [0.15, 0.2) is 12.7 Å². The van der Waals surface area contributed by atoms with Crippen molar-refractivity contribution >= 4 is 7.82 Å². The molecule has 0 aliphatic carbocycles. The molecule has 0 saturated carbocycles. The minimum absolute atomic E-state index is 0.294. The third-order valence-electron chi connectivity index (χ3n) is 1.81. The van der Waals surface area contributed by atoms with Crippen LogP contribution in [-0.2, 0) is 18.1 Å². The Morgan fingerprint density at radius 2 is 1.75 bits per heavy atom. The molecule has 0 aliphatic heterocycles. The largest absolute Gasteiger partial charge is 0.475 e. The molecular formula is C11H23O4P. The van der Waals surface area contributed by atoms with Crippen LogP contribution < -0.4 is 0 Å². The van der Waals surface area contributed by atoms with Crippen molar-refractivity contribution in [1.29, 1.82) is 0 Å². The van der Waals surface area contributed by atoms with Gasteiger partial charge in [0.05, 0.1) is 19.3 Å². The fourth-order valence-corrected chi connectivity index (χ4v) is 2.56. The Hall–Kier alpha value is -0.150. The van der Waals surface area contributed by atoms with Crippen LogP contribution in [0.3, 0.4) is 0 Å². The smallest absolute Gasteiger partial charge is 0.287 e. The van der Waals surface area contributed by atoms with Crippen molar-refractivity contribution in [3.63, 3.8) is 0 Å². The zero-order valence-electron chi connectivity index (χ0n) is 10.6. The van der Waals surface area contributed by atoms with Gasteiger partial charge >= 0.3 is 7.82 Å². The van der Waals surface area contributed by atoms with Gasteiger partial charge in [-0.1, -0.05) is 19.9 Å². The molecule has 0 heterocycles. The lowest BCUT2D eigenvalue weighted by Crippen LogP contribution is -2.13. The molecule has 0 rings (SSSR count). The van der Waals surface area contributed by atoms with Crippen molar-refractivity contribution < 1.29 is 18.1 Å². The average molecular weight is 250 g/mol. The number of phosphoric acid groups is 1. The van der Waals surface area contributed by atoms with E-state index >= 15 is 0 Å². The molecule has 0 bridgehead atoms. The van der Waals surface area contributed by atoms with Crippen molar-refractivity contribution in [2.24, 2.45) is 5.92 Å². The van der Waals surface area contributed by atoms with Crippen LogP contribution in [0, 0.1) is 5.92 Å². The van der Waals surface area contributed by atoms with Gasteiger partial charge in [-0.25, -0.2) is 4.57 Å². The van der Waals surface area contributed by atoms with Crippen LogP contribution in [-0.4, -0.2) is 19.3 Å². The van der Waals surface area contributed by atoms with Crippen LogP contribution in [0.5, 0.6) is 0 Å². The number of phosphoric ester groups is 1. The molecule has 0 unspecified atom stereocenters. The Kier molecular flexibility index (Phi) is 7.94. The van der Waals surface area contributed by atoms with E-state index in [1.165, 1.54) is 0 Å². The molecule has 0 aromatic carbocycles. The van der Waals surface area contributed by atoms with Gasteiger partial charge in [0.25, 0.3) is 0 Å². The topological polar surface area (TPSA) is 44.8 Å². The van der Waals surface area contributed by atoms with E-state index in [0.717, 1.165) is 6.42 Å². The normalized spacial score (nSPS) is 14.1. The lowest BCUT2D eigenvalue weighted by molar-refractivity contribution is 0.0932. The third-order valence-corrected chi connectivity index (χ3v) is 3.48. The van der Waals surface area contributed by atoms with E-state index in [-0.39, 0.29) is 6.10 Å². The first kappa shape index (κ1) is 15.9. The van der Waals surface area contributed by atoms with Gasteiger partial charge in [0.2, 0.25) is 0 Å². The van der Waals surface area contributed by atoms with E-state index in [1.807, 2.05) is 0 Å². The van der Waals surface area contributed by atoms with E-state index in [9.17, 15) is 4.57 Å². The summed E-state index contributed by atoms with van der Waals surface area (Å²) in [6, 6.07) is 0. The molecule has 0 aromatic heterocycles. The lowest BCUT2D eigenvalue weighted by atomic mass is 10.1. The highest BCUT2D eigenvalue weighted by Crippen LogP contribution is 2.51. The van der Waals surface area contributed by atoms with Crippen LogP contribution >= 0.6 is 7.82 Å². The molecule has 0 amide bonds. The highest BCUT2D eigenvalue weighted by molar-refractivity contribution is 7.48. The number of rotatable bonds is 9. The van der Waals surface area contributed by atoms with Crippen LogP contribution in [0.1, 0.15) is 34.1 Å². The van der Waals surface area contributed by atoms with E-state index in [0.29, 0.717) is 19.1 Å². The predicted octanol–water partition coefficient (Wildman–Crippen LogP) is 3.78. The first-order chi connectivity index (χ1) is 7.47. The Morgan fingerprint density at radius 1 is 1.25 bits per heavy atom. The molecule has 5 heteroatoms. The van der Waals surface area contributed by atoms with Gasteiger partial charge in [0, 0.05) is 0 Å². The summed E-state index contributed by atoms with van der Waals surface area (Å²) in [5, 5.41) is 0. The molecule has 0 saturated heterocycles. The SMILES string of the molecule is C=C[C@@H](CC(C)C)OP(=O)(OCC)OCC. The standard InChI is InChI=1S/C11H23O4P/c1-6-11(9-10(4)5)15-16(12,13-7-2)14-8-3/h6,10-11H,1,7-9H2,2-5H3/t11-/m0/s1. The van der Waals surface area contributed by atoms with Gasteiger partial charge in [0.15, 0.2) is 0 Å². The van der Waals surface area contributed by atoms with E-state index in [4.69, 9.17) is 13.6 Å². The van der Waals surface area contributed by atoms with Gasteiger partial charge in [0.1, 0.15) is 0 Å². The van der Waals surface area contributed by atoms with Gasteiger partial charge in [-0.05, 0) is 26.2 Å². The Morgan fingerprint density at radius 3 is 2.06 bits per heavy atom. The maximum absolute atomic E-state index is 12.0. The lowest BCUT2D eigenvalue weighted by Gasteiger charge is -2.22. The number of hydrogen-bond acceptors (Lipinski definition) is 4. The maximum atomic E-state index is 12.0. The van der Waals surface area contributed by atoms with Crippen molar-refractivity contribution in [2.45, 2.75) is 40.2 Å². The minimum atomic E-state index is -3.42. The van der Waals surface area contributed by atoms with Crippen molar-refractivity contribution in [2.75, 3.05) is 13.2 Å². The van der Waals surface area contributed by atoms with Crippen molar-refractivity contribution in [1.82, 2.24) is 0 Å². The predicted molar refractivity (Wildman–Crippen MR) is 65.4 cm³/mol. The summed E-state index contributed by atoms with van der Waals surface area (Å²) in [6.45, 7) is 11.9. The molecule has 1 atom stereocenters. The third kappa shape index (κ3) is 6.44. The highest BCUT2D eigenvalue weighted by Gasteiger charge is 2.28. The van der Waals surface area contributed by atoms with Gasteiger partial charge in [-0.2, -0.15) is 0 Å². The zero-order chi connectivity index (χ0) is 12.6. The molecule has 0 aliphatic rings. The summed E-state index contributed by atoms with van der Waals surface area (Å²) in [5.41, 5.74) is 0. The van der Waals surface area contributed by atoms with Crippen LogP contribution in [0.4, 0.5) is 0 Å². The van der Waals surface area contributed by atoms with E-state index < -0.39 is 7.82 Å². The summed E-state index contributed by atoms with van der Waals surface area (Å²) >= 11 is 0. The molecule has 0 spiro atoms. The zero-order valence-corrected chi connectivity index (χ0v) is 11.5. The van der Waals surface area contributed by atoms with Gasteiger partial charge < -0.3 is 0 Å². The summed E-state index contributed by atoms with van der Waals surface area (Å²) < 4.78 is 27.5. The molecule has 4 nitrogen and oxygen atoms in total. The van der Waals surface area contributed by atoms with Crippen molar-refractivity contribution in [3.05, 3.63) is 12.7 Å². The van der Waals surface area contributed by atoms with Crippen LogP contribution in [0.2, 0.25) is 0 Å². The summed E-state index contributed by atoms with van der Waals surface area (Å²) in [4.78, 5) is 0. The highest BCUT2D eigenvalue weighted by atomic mass is 31.2. The fraction of sp³-hybridized carbons (Fsp3) is 0.818. The van der Waals surface area contributed by atoms with Crippen molar-refractivity contribution in [3.8, 4) is 0 Å². The van der Waals surface area contributed by atoms with Gasteiger partial charge in [-0.3, -0.25) is 13.6 Å². The Labute approximate surface area is 98.6 Å². The molecule has 16 heavy (non-hydrogen) atoms. The van der Waals surface area contributed by atoms with E-state index in [2.05, 4.69) is 20.4 Å². The second-order valence-electron chi connectivity index (χ2n) is 3.79. The number of hydrogen-bond donors (Lipinski definition) is 0. The second-order valence-corrected chi connectivity index (χ2v) is 5.41. The molecule has 0 fully saturated rings. The van der Waals surface area contributed by atoms with Gasteiger partial charge in [-0.15, -0.1) is 6.58 Å². The molecule has 0 N–H and O–H groups in total. The molecule has 96 valence electrons. The molecule has 0 radical (unpaired) electrons. The maximum Gasteiger partial charge on any atom is 0.475 e. The Balaban J connectivity index is 4.45. The first-order valence-corrected chi connectivity index (χ1v) is 7.13. The summed E-state index contributed by atoms with van der Waals surface area (Å²) in [7, 11) is -3.42. The summed E-state index contributed by atoms with van der Waals surface area (Å²) in [6.07, 6.45) is 2.07. The van der Waals surface area contributed by atoms with Crippen LogP contribution in [0.25, 0.3) is 0 Å². The monoisotopic (exact) mass is 250 g/mol. The second kappa shape index (κ2) is 8.02. The average Bonchev–Trinajstić information content (AvgIpc) is 2.16. The quantitative estimate of drug-likeness (QED) is 0.461. The Bertz CT molecular complexity index is 230. The first-order valence-electron chi connectivity index (χ1n) is 5.67. The minimum Gasteiger partial charge on any atom is -0.287 e.